The standard InChI is InChI=1S/C34H34O2/c1-3-15-27(16-4-1)19-11-13-25-35-33-29-21-7-9-23-31(29)34(32-24-10-8-22-30(32)33)36-26-14-12-20-28-17-5-2-6-18-28/h1-10,15-18,21-24H,11-14,19-20,25-26H2. The van der Waals surface area contributed by atoms with Crippen LogP contribution in [-0.4, -0.2) is 13.2 Å². The van der Waals surface area contributed by atoms with Crippen molar-refractivity contribution in [3.63, 3.8) is 0 Å². The molecule has 5 aromatic rings. The lowest BCUT2D eigenvalue weighted by atomic mass is 10.0. The predicted molar refractivity (Wildman–Crippen MR) is 151 cm³/mol. The van der Waals surface area contributed by atoms with Crippen molar-refractivity contribution in [2.45, 2.75) is 38.5 Å². The second-order valence-electron chi connectivity index (χ2n) is 9.33. The Morgan fingerprint density at radius 2 is 0.694 bits per heavy atom. The van der Waals surface area contributed by atoms with Crippen LogP contribution in [0.3, 0.4) is 0 Å². The lowest BCUT2D eigenvalue weighted by Crippen LogP contribution is -2.03. The SMILES string of the molecule is c1ccc(CCCCOc2c3ccccc3c(OCCCCc3ccccc3)c3ccccc23)cc1. The van der Waals surface area contributed by atoms with E-state index in [1.54, 1.807) is 0 Å². The zero-order valence-electron chi connectivity index (χ0n) is 20.9. The second kappa shape index (κ2) is 12.3. The van der Waals surface area contributed by atoms with E-state index in [4.69, 9.17) is 9.47 Å². The average Bonchev–Trinajstić information content (AvgIpc) is 2.94. The number of hydrogen-bond acceptors (Lipinski definition) is 2. The van der Waals surface area contributed by atoms with E-state index < -0.39 is 0 Å². The molecule has 0 aromatic heterocycles. The van der Waals surface area contributed by atoms with E-state index in [1.807, 2.05) is 0 Å². The third kappa shape index (κ3) is 5.88. The van der Waals surface area contributed by atoms with Crippen molar-refractivity contribution >= 4 is 21.5 Å². The van der Waals surface area contributed by atoms with Gasteiger partial charge in [0.15, 0.2) is 0 Å². The average molecular weight is 475 g/mol. The summed E-state index contributed by atoms with van der Waals surface area (Å²) >= 11 is 0. The Balaban J connectivity index is 1.28. The first kappa shape index (κ1) is 23.9. The topological polar surface area (TPSA) is 18.5 Å². The quantitative estimate of drug-likeness (QED) is 0.133. The fourth-order valence-corrected chi connectivity index (χ4v) is 4.86. The molecule has 0 amide bonds. The van der Waals surface area contributed by atoms with Gasteiger partial charge in [-0.1, -0.05) is 109 Å². The van der Waals surface area contributed by atoms with Crippen molar-refractivity contribution < 1.29 is 9.47 Å². The van der Waals surface area contributed by atoms with E-state index in [9.17, 15) is 0 Å². The molecule has 0 unspecified atom stereocenters. The molecule has 0 saturated carbocycles. The second-order valence-corrected chi connectivity index (χ2v) is 9.33. The zero-order chi connectivity index (χ0) is 24.4. The van der Waals surface area contributed by atoms with Gasteiger partial charge in [-0.3, -0.25) is 0 Å². The predicted octanol–water partition coefficient (Wildman–Crippen LogP) is 8.80. The minimum atomic E-state index is 0.709. The molecule has 182 valence electrons. The van der Waals surface area contributed by atoms with Crippen LogP contribution in [0.1, 0.15) is 36.8 Å². The van der Waals surface area contributed by atoms with Gasteiger partial charge in [0.25, 0.3) is 0 Å². The van der Waals surface area contributed by atoms with Gasteiger partial charge in [0.05, 0.1) is 13.2 Å². The molecule has 2 heteroatoms. The smallest absolute Gasteiger partial charge is 0.135 e. The fraction of sp³-hybridized carbons (Fsp3) is 0.235. The highest BCUT2D eigenvalue weighted by molar-refractivity contribution is 6.11. The molecule has 0 bridgehead atoms. The summed E-state index contributed by atoms with van der Waals surface area (Å²) in [6.45, 7) is 1.42. The van der Waals surface area contributed by atoms with Gasteiger partial charge in [0.1, 0.15) is 11.5 Å². The summed E-state index contributed by atoms with van der Waals surface area (Å²) in [5.41, 5.74) is 2.78. The highest BCUT2D eigenvalue weighted by atomic mass is 16.5. The highest BCUT2D eigenvalue weighted by Crippen LogP contribution is 2.42. The van der Waals surface area contributed by atoms with Crippen LogP contribution in [0.5, 0.6) is 11.5 Å². The van der Waals surface area contributed by atoms with Gasteiger partial charge in [0, 0.05) is 21.5 Å². The van der Waals surface area contributed by atoms with Crippen molar-refractivity contribution in [3.05, 3.63) is 120 Å². The molecule has 0 spiro atoms. The van der Waals surface area contributed by atoms with Gasteiger partial charge < -0.3 is 9.47 Å². The Bertz CT molecular complexity index is 1210. The van der Waals surface area contributed by atoms with Crippen LogP contribution in [0.15, 0.2) is 109 Å². The van der Waals surface area contributed by atoms with Crippen molar-refractivity contribution in [2.75, 3.05) is 13.2 Å². The maximum absolute atomic E-state index is 6.46. The van der Waals surface area contributed by atoms with Crippen LogP contribution >= 0.6 is 0 Å². The molecule has 0 N–H and O–H groups in total. The van der Waals surface area contributed by atoms with Crippen LogP contribution in [0.25, 0.3) is 21.5 Å². The molecule has 5 aromatic carbocycles. The number of aryl methyl sites for hydroxylation is 2. The summed E-state index contributed by atoms with van der Waals surface area (Å²) < 4.78 is 12.9. The third-order valence-electron chi connectivity index (χ3n) is 6.73. The van der Waals surface area contributed by atoms with E-state index >= 15 is 0 Å². The Labute approximate surface area is 214 Å². The summed E-state index contributed by atoms with van der Waals surface area (Å²) in [7, 11) is 0. The summed E-state index contributed by atoms with van der Waals surface area (Å²) in [5, 5.41) is 4.49. The third-order valence-corrected chi connectivity index (χ3v) is 6.73. The molecule has 2 nitrogen and oxygen atoms in total. The van der Waals surface area contributed by atoms with Crippen LogP contribution in [0.4, 0.5) is 0 Å². The lowest BCUT2D eigenvalue weighted by molar-refractivity contribution is 0.309. The molecule has 0 heterocycles. The molecule has 36 heavy (non-hydrogen) atoms. The van der Waals surface area contributed by atoms with Gasteiger partial charge >= 0.3 is 0 Å². The van der Waals surface area contributed by atoms with Crippen LogP contribution < -0.4 is 9.47 Å². The normalized spacial score (nSPS) is 11.1. The van der Waals surface area contributed by atoms with Gasteiger partial charge in [-0.25, -0.2) is 0 Å². The Kier molecular flexibility index (Phi) is 8.15. The zero-order valence-corrected chi connectivity index (χ0v) is 20.9. The minimum absolute atomic E-state index is 0.709. The molecule has 0 atom stereocenters. The molecule has 0 fully saturated rings. The van der Waals surface area contributed by atoms with Crippen LogP contribution in [0.2, 0.25) is 0 Å². The summed E-state index contributed by atoms with van der Waals surface area (Å²) in [6, 6.07) is 38.3. The molecule has 0 aliphatic rings. The Morgan fingerprint density at radius 1 is 0.361 bits per heavy atom. The van der Waals surface area contributed by atoms with Crippen molar-refractivity contribution in [1.82, 2.24) is 0 Å². The van der Waals surface area contributed by atoms with Gasteiger partial charge in [-0.15, -0.1) is 0 Å². The Hall–Kier alpha value is -3.78. The number of hydrogen-bond donors (Lipinski definition) is 0. The van der Waals surface area contributed by atoms with E-state index in [1.165, 1.54) is 11.1 Å². The first-order valence-corrected chi connectivity index (χ1v) is 13.2. The molecule has 0 aliphatic carbocycles. The first-order chi connectivity index (χ1) is 17.9. The Morgan fingerprint density at radius 3 is 1.06 bits per heavy atom. The summed E-state index contributed by atoms with van der Waals surface area (Å²) in [4.78, 5) is 0. The van der Waals surface area contributed by atoms with E-state index in [0.717, 1.165) is 71.6 Å². The summed E-state index contributed by atoms with van der Waals surface area (Å²) in [5.74, 6) is 1.94. The maximum Gasteiger partial charge on any atom is 0.135 e. The van der Waals surface area contributed by atoms with Crippen LogP contribution in [0, 0.1) is 0 Å². The van der Waals surface area contributed by atoms with E-state index in [2.05, 4.69) is 109 Å². The fourth-order valence-electron chi connectivity index (χ4n) is 4.86. The van der Waals surface area contributed by atoms with Crippen molar-refractivity contribution in [1.29, 1.82) is 0 Å². The molecule has 5 rings (SSSR count). The van der Waals surface area contributed by atoms with Gasteiger partial charge in [-0.2, -0.15) is 0 Å². The number of fused-ring (bicyclic) bond motifs is 2. The molecule has 0 radical (unpaired) electrons. The van der Waals surface area contributed by atoms with E-state index in [-0.39, 0.29) is 0 Å². The number of benzene rings is 5. The first-order valence-electron chi connectivity index (χ1n) is 13.2. The van der Waals surface area contributed by atoms with Gasteiger partial charge in [-0.05, 0) is 49.7 Å². The van der Waals surface area contributed by atoms with Gasteiger partial charge in [0.2, 0.25) is 0 Å². The van der Waals surface area contributed by atoms with Crippen molar-refractivity contribution in [2.24, 2.45) is 0 Å². The molecular weight excluding hydrogens is 440 g/mol. The number of unbranched alkanes of at least 4 members (excludes halogenated alkanes) is 2. The highest BCUT2D eigenvalue weighted by Gasteiger charge is 2.15. The molecule has 0 saturated heterocycles. The monoisotopic (exact) mass is 474 g/mol. The van der Waals surface area contributed by atoms with Crippen molar-refractivity contribution in [3.8, 4) is 11.5 Å². The number of ether oxygens (including phenoxy) is 2. The largest absolute Gasteiger partial charge is 0.492 e. The lowest BCUT2D eigenvalue weighted by Gasteiger charge is -2.18. The molecular formula is C34H34O2. The minimum Gasteiger partial charge on any atom is -0.492 e. The van der Waals surface area contributed by atoms with Crippen LogP contribution in [-0.2, 0) is 12.8 Å². The number of rotatable bonds is 12. The maximum atomic E-state index is 6.46. The summed E-state index contributed by atoms with van der Waals surface area (Å²) in [6.07, 6.45) is 6.45. The van der Waals surface area contributed by atoms with E-state index in [0.29, 0.717) is 13.2 Å². The molecule has 0 aliphatic heterocycles.